The molecule has 0 spiro atoms. The van der Waals surface area contributed by atoms with Gasteiger partial charge in [-0.05, 0) is 40.2 Å². The Hall–Kier alpha value is -0.0900. The zero-order chi connectivity index (χ0) is 11.0. The minimum absolute atomic E-state index is 0.184. The molecule has 4 heteroatoms. The van der Waals surface area contributed by atoms with Crippen LogP contribution in [0.3, 0.4) is 0 Å². The third kappa shape index (κ3) is 9.99. The topological polar surface area (TPSA) is 38.3 Å². The van der Waals surface area contributed by atoms with Gasteiger partial charge in [-0.1, -0.05) is 15.9 Å². The number of esters is 1. The molecule has 0 atom stereocenters. The minimum atomic E-state index is -0.380. The molecule has 0 aliphatic rings. The van der Waals surface area contributed by atoms with Gasteiger partial charge in [0.1, 0.15) is 5.60 Å². The third-order valence-electron chi connectivity index (χ3n) is 1.43. The first-order valence-corrected chi connectivity index (χ1v) is 6.06. The quantitative estimate of drug-likeness (QED) is 0.454. The van der Waals surface area contributed by atoms with Crippen LogP contribution in [0.2, 0.25) is 0 Å². The highest BCUT2D eigenvalue weighted by atomic mass is 79.9. The van der Waals surface area contributed by atoms with Crippen molar-refractivity contribution in [2.75, 3.05) is 18.4 Å². The van der Waals surface area contributed by atoms with E-state index in [0.29, 0.717) is 6.54 Å². The second kappa shape index (κ2) is 7.23. The molecule has 0 aromatic heterocycles. The lowest BCUT2D eigenvalue weighted by atomic mass is 10.2. The minimum Gasteiger partial charge on any atom is -0.459 e. The molecule has 0 fully saturated rings. The Morgan fingerprint density at radius 2 is 2.00 bits per heavy atom. The number of halogens is 1. The highest BCUT2D eigenvalue weighted by Crippen LogP contribution is 2.06. The molecule has 0 bridgehead atoms. The van der Waals surface area contributed by atoms with Crippen LogP contribution in [0.1, 0.15) is 33.6 Å². The molecule has 0 heterocycles. The fourth-order valence-electron chi connectivity index (χ4n) is 0.913. The normalized spacial score (nSPS) is 11.4. The van der Waals surface area contributed by atoms with E-state index in [1.165, 1.54) is 0 Å². The van der Waals surface area contributed by atoms with Gasteiger partial charge in [-0.15, -0.1) is 0 Å². The van der Waals surface area contributed by atoms with E-state index in [2.05, 4.69) is 21.2 Å². The van der Waals surface area contributed by atoms with E-state index in [-0.39, 0.29) is 11.6 Å². The fraction of sp³-hybridized carbons (Fsp3) is 0.900. The molecule has 0 aliphatic carbocycles. The number of ether oxygens (including phenoxy) is 1. The van der Waals surface area contributed by atoms with Crippen LogP contribution in [0.15, 0.2) is 0 Å². The average molecular weight is 266 g/mol. The molecule has 84 valence electrons. The molecule has 14 heavy (non-hydrogen) atoms. The van der Waals surface area contributed by atoms with Gasteiger partial charge in [0.05, 0.1) is 6.54 Å². The standard InChI is InChI=1S/C10H20BrNO2/c1-10(2,3)14-9(13)8-12-7-5-4-6-11/h12H,4-8H2,1-3H3. The van der Waals surface area contributed by atoms with Crippen molar-refractivity contribution in [3.8, 4) is 0 Å². The summed E-state index contributed by atoms with van der Waals surface area (Å²) >= 11 is 3.35. The summed E-state index contributed by atoms with van der Waals surface area (Å²) in [4.78, 5) is 11.2. The lowest BCUT2D eigenvalue weighted by Crippen LogP contribution is -2.31. The molecule has 0 aliphatic heterocycles. The number of rotatable bonds is 6. The molecule has 3 nitrogen and oxygen atoms in total. The van der Waals surface area contributed by atoms with E-state index < -0.39 is 0 Å². The van der Waals surface area contributed by atoms with Crippen LogP contribution < -0.4 is 5.32 Å². The van der Waals surface area contributed by atoms with Crippen molar-refractivity contribution in [3.05, 3.63) is 0 Å². The Morgan fingerprint density at radius 3 is 2.50 bits per heavy atom. The van der Waals surface area contributed by atoms with E-state index in [0.717, 1.165) is 24.7 Å². The largest absolute Gasteiger partial charge is 0.459 e. The summed E-state index contributed by atoms with van der Waals surface area (Å²) in [5.41, 5.74) is -0.380. The third-order valence-corrected chi connectivity index (χ3v) is 1.99. The van der Waals surface area contributed by atoms with Crippen LogP contribution in [0, 0.1) is 0 Å². The zero-order valence-electron chi connectivity index (χ0n) is 9.23. The van der Waals surface area contributed by atoms with Crippen molar-refractivity contribution in [1.29, 1.82) is 0 Å². The number of carbonyl (C=O) groups is 1. The molecular formula is C10H20BrNO2. The molecular weight excluding hydrogens is 246 g/mol. The van der Waals surface area contributed by atoms with Crippen LogP contribution in [0.5, 0.6) is 0 Å². The van der Waals surface area contributed by atoms with E-state index >= 15 is 0 Å². The maximum atomic E-state index is 11.2. The predicted octanol–water partition coefficient (Wildman–Crippen LogP) is 2.09. The Bertz CT molecular complexity index is 166. The molecule has 0 amide bonds. The van der Waals surface area contributed by atoms with Gasteiger partial charge in [-0.3, -0.25) is 4.79 Å². The molecule has 0 unspecified atom stereocenters. The Balaban J connectivity index is 3.36. The van der Waals surface area contributed by atoms with Gasteiger partial charge < -0.3 is 10.1 Å². The monoisotopic (exact) mass is 265 g/mol. The maximum Gasteiger partial charge on any atom is 0.320 e. The fourth-order valence-corrected chi connectivity index (χ4v) is 1.31. The molecule has 0 radical (unpaired) electrons. The number of carbonyl (C=O) groups excluding carboxylic acids is 1. The van der Waals surface area contributed by atoms with E-state index in [9.17, 15) is 4.79 Å². The first kappa shape index (κ1) is 13.9. The summed E-state index contributed by atoms with van der Waals surface area (Å²) in [6, 6.07) is 0. The maximum absolute atomic E-state index is 11.2. The Labute approximate surface area is 94.7 Å². The average Bonchev–Trinajstić information content (AvgIpc) is 2.00. The summed E-state index contributed by atoms with van der Waals surface area (Å²) in [5, 5.41) is 4.06. The van der Waals surface area contributed by atoms with E-state index in [1.807, 2.05) is 20.8 Å². The van der Waals surface area contributed by atoms with Crippen molar-refractivity contribution in [2.24, 2.45) is 0 Å². The van der Waals surface area contributed by atoms with Gasteiger partial charge >= 0.3 is 5.97 Å². The first-order valence-electron chi connectivity index (χ1n) is 4.94. The summed E-state index contributed by atoms with van der Waals surface area (Å²) in [7, 11) is 0. The van der Waals surface area contributed by atoms with E-state index in [1.54, 1.807) is 0 Å². The van der Waals surface area contributed by atoms with Crippen LogP contribution in [0.25, 0.3) is 0 Å². The van der Waals surface area contributed by atoms with Crippen molar-refractivity contribution < 1.29 is 9.53 Å². The van der Waals surface area contributed by atoms with Crippen molar-refractivity contribution >= 4 is 21.9 Å². The molecule has 0 aromatic carbocycles. The number of alkyl halides is 1. The summed E-state index contributed by atoms with van der Waals surface area (Å²) in [6.45, 7) is 6.78. The Kier molecular flexibility index (Phi) is 7.19. The van der Waals surface area contributed by atoms with E-state index in [4.69, 9.17) is 4.74 Å². The lowest BCUT2D eigenvalue weighted by Gasteiger charge is -2.19. The van der Waals surface area contributed by atoms with Gasteiger partial charge in [0, 0.05) is 5.33 Å². The van der Waals surface area contributed by atoms with Crippen molar-refractivity contribution in [1.82, 2.24) is 5.32 Å². The van der Waals surface area contributed by atoms with Crippen molar-refractivity contribution in [3.63, 3.8) is 0 Å². The first-order chi connectivity index (χ1) is 6.45. The molecule has 0 saturated heterocycles. The summed E-state index contributed by atoms with van der Waals surface area (Å²) in [6.07, 6.45) is 2.20. The summed E-state index contributed by atoms with van der Waals surface area (Å²) in [5.74, 6) is -0.184. The van der Waals surface area contributed by atoms with Gasteiger partial charge in [0.15, 0.2) is 0 Å². The number of unbranched alkanes of at least 4 members (excludes halogenated alkanes) is 1. The zero-order valence-corrected chi connectivity index (χ0v) is 10.8. The molecule has 0 aromatic rings. The van der Waals surface area contributed by atoms with Crippen molar-refractivity contribution in [2.45, 2.75) is 39.2 Å². The number of nitrogens with one attached hydrogen (secondary N) is 1. The van der Waals surface area contributed by atoms with Gasteiger partial charge in [0.25, 0.3) is 0 Å². The van der Waals surface area contributed by atoms with Gasteiger partial charge in [-0.2, -0.15) is 0 Å². The SMILES string of the molecule is CC(C)(C)OC(=O)CNCCCCBr. The molecule has 0 saturated carbocycles. The van der Waals surface area contributed by atoms with Gasteiger partial charge in [-0.25, -0.2) is 0 Å². The van der Waals surface area contributed by atoms with Gasteiger partial charge in [0.2, 0.25) is 0 Å². The smallest absolute Gasteiger partial charge is 0.320 e. The lowest BCUT2D eigenvalue weighted by molar-refractivity contribution is -0.153. The van der Waals surface area contributed by atoms with Crippen LogP contribution in [-0.2, 0) is 9.53 Å². The second-order valence-corrected chi connectivity index (χ2v) is 4.95. The number of hydrogen-bond acceptors (Lipinski definition) is 3. The highest BCUT2D eigenvalue weighted by molar-refractivity contribution is 9.09. The molecule has 1 N–H and O–H groups in total. The Morgan fingerprint density at radius 1 is 1.36 bits per heavy atom. The number of hydrogen-bond donors (Lipinski definition) is 1. The second-order valence-electron chi connectivity index (χ2n) is 4.16. The predicted molar refractivity (Wildman–Crippen MR) is 61.7 cm³/mol. The molecule has 0 rings (SSSR count). The highest BCUT2D eigenvalue weighted by Gasteiger charge is 2.15. The van der Waals surface area contributed by atoms with Crippen LogP contribution >= 0.6 is 15.9 Å². The summed E-state index contributed by atoms with van der Waals surface area (Å²) < 4.78 is 5.13. The van der Waals surface area contributed by atoms with Crippen LogP contribution in [0.4, 0.5) is 0 Å². The van der Waals surface area contributed by atoms with Crippen LogP contribution in [-0.4, -0.2) is 30.0 Å².